The zero-order valence-electron chi connectivity index (χ0n) is 14.8. The third-order valence-corrected chi connectivity index (χ3v) is 4.79. The van der Waals surface area contributed by atoms with Crippen molar-refractivity contribution in [1.29, 1.82) is 0 Å². The number of hydrogen-bond acceptors (Lipinski definition) is 3. The van der Waals surface area contributed by atoms with Crippen LogP contribution in [0, 0.1) is 31.5 Å². The Kier molecular flexibility index (Phi) is 4.22. The second-order valence-corrected chi connectivity index (χ2v) is 6.55. The van der Waals surface area contributed by atoms with E-state index in [4.69, 9.17) is 4.52 Å². The Hall–Kier alpha value is -3.06. The van der Waals surface area contributed by atoms with Gasteiger partial charge in [0, 0.05) is 18.7 Å². The summed E-state index contributed by atoms with van der Waals surface area (Å²) >= 11 is 0. The lowest BCUT2D eigenvalue weighted by Crippen LogP contribution is -2.30. The van der Waals surface area contributed by atoms with E-state index >= 15 is 0 Å². The third kappa shape index (κ3) is 3.09. The molecule has 0 radical (unpaired) electrons. The van der Waals surface area contributed by atoms with Gasteiger partial charge in [-0.2, -0.15) is 0 Å². The van der Waals surface area contributed by atoms with E-state index in [9.17, 15) is 4.39 Å². The maximum Gasteiger partial charge on any atom is 0.149 e. The number of anilines is 1. The van der Waals surface area contributed by atoms with Crippen molar-refractivity contribution in [3.63, 3.8) is 0 Å². The molecule has 0 N–H and O–H groups in total. The number of benzene rings is 2. The lowest BCUT2D eigenvalue weighted by Gasteiger charge is -2.31. The fraction of sp³-hybridized carbons (Fsp3) is 0.227. The second kappa shape index (κ2) is 6.68. The molecule has 2 heterocycles. The van der Waals surface area contributed by atoms with Crippen molar-refractivity contribution >= 4 is 5.69 Å². The monoisotopic (exact) mass is 346 g/mol. The molecular formula is C22H19FN2O. The van der Waals surface area contributed by atoms with Crippen LogP contribution >= 0.6 is 0 Å². The Balaban J connectivity index is 1.71. The molecule has 0 saturated heterocycles. The maximum absolute atomic E-state index is 13.9. The van der Waals surface area contributed by atoms with Crippen LogP contribution in [0.15, 0.2) is 47.0 Å². The summed E-state index contributed by atoms with van der Waals surface area (Å²) in [6.45, 7) is 5.32. The number of fused-ring (bicyclic) bond motifs is 1. The van der Waals surface area contributed by atoms with Crippen molar-refractivity contribution in [1.82, 2.24) is 5.16 Å². The first-order valence-electron chi connectivity index (χ1n) is 8.68. The molecule has 130 valence electrons. The molecule has 1 aliphatic heterocycles. The van der Waals surface area contributed by atoms with Gasteiger partial charge in [-0.3, -0.25) is 0 Å². The molecule has 0 fully saturated rings. The molecule has 0 spiro atoms. The molecular weight excluding hydrogens is 327 g/mol. The molecule has 4 rings (SSSR count). The molecule has 1 aliphatic rings. The van der Waals surface area contributed by atoms with Crippen molar-refractivity contribution in [2.75, 3.05) is 11.4 Å². The summed E-state index contributed by atoms with van der Waals surface area (Å²) in [5.74, 6) is 6.78. The van der Waals surface area contributed by atoms with Crippen molar-refractivity contribution in [2.45, 2.75) is 26.8 Å². The predicted octanol–water partition coefficient (Wildman–Crippen LogP) is 4.39. The Morgan fingerprint density at radius 3 is 2.65 bits per heavy atom. The molecule has 2 aromatic carbocycles. The summed E-state index contributed by atoms with van der Waals surface area (Å²) < 4.78 is 19.1. The number of hydrogen-bond donors (Lipinski definition) is 0. The van der Waals surface area contributed by atoms with Crippen LogP contribution in [0.3, 0.4) is 0 Å². The first kappa shape index (κ1) is 16.4. The Morgan fingerprint density at radius 1 is 1.08 bits per heavy atom. The first-order chi connectivity index (χ1) is 12.6. The van der Waals surface area contributed by atoms with Gasteiger partial charge in [-0.25, -0.2) is 4.39 Å². The highest BCUT2D eigenvalue weighted by atomic mass is 19.1. The van der Waals surface area contributed by atoms with E-state index in [1.165, 1.54) is 17.2 Å². The summed E-state index contributed by atoms with van der Waals surface area (Å²) in [7, 11) is 0. The summed E-state index contributed by atoms with van der Waals surface area (Å²) in [5, 5.41) is 3.93. The van der Waals surface area contributed by atoms with Crippen LogP contribution in [0.25, 0.3) is 0 Å². The number of aromatic nitrogens is 1. The van der Waals surface area contributed by atoms with E-state index in [1.807, 2.05) is 19.9 Å². The molecule has 0 bridgehead atoms. The summed E-state index contributed by atoms with van der Waals surface area (Å²) in [6, 6.07) is 13.2. The quantitative estimate of drug-likeness (QED) is 0.612. The zero-order valence-corrected chi connectivity index (χ0v) is 14.8. The summed E-state index contributed by atoms with van der Waals surface area (Å²) in [6.07, 6.45) is 0.948. The SMILES string of the molecule is Cc1noc(C)c1C#Cc1ccc(F)cc1N1CCc2ccccc2C1. The van der Waals surface area contributed by atoms with Gasteiger partial charge in [-0.05, 0) is 49.6 Å². The van der Waals surface area contributed by atoms with Crippen molar-refractivity contribution in [3.05, 3.63) is 82.0 Å². The zero-order chi connectivity index (χ0) is 18.1. The lowest BCUT2D eigenvalue weighted by atomic mass is 9.98. The minimum Gasteiger partial charge on any atom is -0.366 e. The molecule has 1 aromatic heterocycles. The van der Waals surface area contributed by atoms with Crippen LogP contribution in [0.5, 0.6) is 0 Å². The van der Waals surface area contributed by atoms with Gasteiger partial charge in [0.15, 0.2) is 0 Å². The van der Waals surface area contributed by atoms with Crippen LogP contribution in [0.1, 0.15) is 33.7 Å². The van der Waals surface area contributed by atoms with Crippen LogP contribution in [-0.2, 0) is 13.0 Å². The topological polar surface area (TPSA) is 29.3 Å². The number of halogens is 1. The highest BCUT2D eigenvalue weighted by molar-refractivity contribution is 5.63. The van der Waals surface area contributed by atoms with Crippen molar-refractivity contribution < 1.29 is 8.91 Å². The molecule has 0 aliphatic carbocycles. The average molecular weight is 346 g/mol. The summed E-state index contributed by atoms with van der Waals surface area (Å²) in [4.78, 5) is 2.20. The van der Waals surface area contributed by atoms with Crippen molar-refractivity contribution in [2.24, 2.45) is 0 Å². The molecule has 3 aromatic rings. The van der Waals surface area contributed by atoms with Gasteiger partial charge in [0.2, 0.25) is 0 Å². The molecule has 26 heavy (non-hydrogen) atoms. The second-order valence-electron chi connectivity index (χ2n) is 6.55. The van der Waals surface area contributed by atoms with Gasteiger partial charge < -0.3 is 9.42 Å². The van der Waals surface area contributed by atoms with Crippen LogP contribution in [0.4, 0.5) is 10.1 Å². The molecule has 3 nitrogen and oxygen atoms in total. The molecule has 0 amide bonds. The Bertz CT molecular complexity index is 1010. The normalized spacial score (nSPS) is 13.1. The minimum absolute atomic E-state index is 0.248. The van der Waals surface area contributed by atoms with Gasteiger partial charge >= 0.3 is 0 Å². The maximum atomic E-state index is 13.9. The number of nitrogens with zero attached hydrogens (tertiary/aromatic N) is 2. The molecule has 0 saturated carbocycles. The fourth-order valence-electron chi connectivity index (χ4n) is 3.36. The van der Waals surface area contributed by atoms with E-state index in [2.05, 4.69) is 40.1 Å². The van der Waals surface area contributed by atoms with Gasteiger partial charge in [0.1, 0.15) is 11.6 Å². The molecule has 4 heteroatoms. The van der Waals surface area contributed by atoms with Gasteiger partial charge in [0.25, 0.3) is 0 Å². The van der Waals surface area contributed by atoms with E-state index in [1.54, 1.807) is 12.1 Å². The standard InChI is InChI=1S/C22H19FN2O/c1-15-21(16(2)26-24-15)10-8-18-7-9-20(23)13-22(18)25-12-11-17-5-3-4-6-19(17)14-25/h3-7,9,13H,11-12,14H2,1-2H3. The van der Waals surface area contributed by atoms with E-state index in [0.29, 0.717) is 5.76 Å². The van der Waals surface area contributed by atoms with E-state index in [0.717, 1.165) is 42.0 Å². The largest absolute Gasteiger partial charge is 0.366 e. The molecule has 0 atom stereocenters. The van der Waals surface area contributed by atoms with Gasteiger partial charge in [0.05, 0.1) is 16.9 Å². The van der Waals surface area contributed by atoms with Crippen molar-refractivity contribution in [3.8, 4) is 11.8 Å². The van der Waals surface area contributed by atoms with E-state index in [-0.39, 0.29) is 5.82 Å². The molecule has 0 unspecified atom stereocenters. The number of rotatable bonds is 1. The van der Waals surface area contributed by atoms with Gasteiger partial charge in [-0.1, -0.05) is 41.3 Å². The highest BCUT2D eigenvalue weighted by Crippen LogP contribution is 2.28. The van der Waals surface area contributed by atoms with Gasteiger partial charge in [-0.15, -0.1) is 0 Å². The van der Waals surface area contributed by atoms with Crippen LogP contribution in [0.2, 0.25) is 0 Å². The van der Waals surface area contributed by atoms with Crippen LogP contribution in [-0.4, -0.2) is 11.7 Å². The minimum atomic E-state index is -0.248. The number of aryl methyl sites for hydroxylation is 2. The van der Waals surface area contributed by atoms with E-state index < -0.39 is 0 Å². The Morgan fingerprint density at radius 2 is 1.88 bits per heavy atom. The lowest BCUT2D eigenvalue weighted by molar-refractivity contribution is 0.393. The smallest absolute Gasteiger partial charge is 0.149 e. The highest BCUT2D eigenvalue weighted by Gasteiger charge is 2.18. The first-order valence-corrected chi connectivity index (χ1v) is 8.68. The third-order valence-electron chi connectivity index (χ3n) is 4.79. The summed E-state index contributed by atoms with van der Waals surface area (Å²) in [5.41, 5.74) is 5.86. The Labute approximate surface area is 152 Å². The predicted molar refractivity (Wildman–Crippen MR) is 99.6 cm³/mol. The van der Waals surface area contributed by atoms with Crippen LogP contribution < -0.4 is 4.90 Å². The fourth-order valence-corrected chi connectivity index (χ4v) is 3.36. The average Bonchev–Trinajstić information content (AvgIpc) is 2.98.